The summed E-state index contributed by atoms with van der Waals surface area (Å²) in [5.41, 5.74) is 7.40. The van der Waals surface area contributed by atoms with Gasteiger partial charge in [-0.1, -0.05) is 18.6 Å². The van der Waals surface area contributed by atoms with Gasteiger partial charge in [-0.3, -0.25) is 14.1 Å². The molecule has 0 fully saturated rings. The van der Waals surface area contributed by atoms with Gasteiger partial charge in [-0.15, -0.1) is 35.9 Å². The fourth-order valence-electron chi connectivity index (χ4n) is 6.32. The molecule has 0 saturated carbocycles. The third kappa shape index (κ3) is 16.3. The molecule has 2 aliphatic heterocycles. The molecule has 2 N–H and O–H groups in total. The van der Waals surface area contributed by atoms with Crippen LogP contribution < -0.4 is 51.4 Å². The second-order valence-electron chi connectivity index (χ2n) is 12.7. The van der Waals surface area contributed by atoms with Crippen LogP contribution in [0.2, 0.25) is 0 Å². The molecule has 2 aromatic rings. The molecule has 55 heavy (non-hydrogen) atoms. The molecule has 2 heterocycles. The molecule has 0 aromatic heterocycles. The third-order valence-corrected chi connectivity index (χ3v) is 13.6. The Morgan fingerprint density at radius 3 is 1.73 bits per heavy atom. The number of halogens is 1. The first-order chi connectivity index (χ1) is 25.4. The van der Waals surface area contributed by atoms with Gasteiger partial charge < -0.3 is 28.3 Å². The van der Waals surface area contributed by atoms with Crippen molar-refractivity contribution in [3.8, 4) is 0 Å². The largest absolute Gasteiger partial charge is 1.00 e. The van der Waals surface area contributed by atoms with E-state index in [9.17, 15) is 14.2 Å². The van der Waals surface area contributed by atoms with E-state index in [1.165, 1.54) is 16.8 Å². The Bertz CT molecular complexity index is 1750. The van der Waals surface area contributed by atoms with E-state index in [2.05, 4.69) is 61.5 Å². The predicted octanol–water partition coefficient (Wildman–Crippen LogP) is 4.74. The van der Waals surface area contributed by atoms with Gasteiger partial charge in [0.25, 0.3) is 0 Å². The minimum absolute atomic E-state index is 0. The average Bonchev–Trinajstić information content (AvgIpc) is 3.49. The number of fused-ring (bicyclic) bond motifs is 2. The van der Waals surface area contributed by atoms with E-state index in [4.69, 9.17) is 47.4 Å². The molecular formula is C37H59ClKN2O11P2S+. The summed E-state index contributed by atoms with van der Waals surface area (Å²) in [6, 6.07) is 15.3. The maximum absolute atomic E-state index is 12.9. The van der Waals surface area contributed by atoms with Crippen molar-refractivity contribution in [1.82, 2.24) is 0 Å². The predicted molar refractivity (Wildman–Crippen MR) is 215 cm³/mol. The Morgan fingerprint density at radius 1 is 0.818 bits per heavy atom. The summed E-state index contributed by atoms with van der Waals surface area (Å²) in [4.78, 5) is 4.62. The average molecular weight is 876 g/mol. The standard InChI is InChI=1S/C19H31NO4P.C16H23NO3P.C2H5ClO.K.O3S/c1-6-23-25(22,24-7-2)13-10-19(5)16(4)20(11-12-21)18-9-8-15(3)14-17(18)19;1-5-19-21(18,20-6-2)12-11-16(4)13(3)17-15-10-8-7-9-14(15)16;3-1-2-4;;1-4(2)3/h8-9,14,21H,6-7,10-13H2,1-5H3;8-10H,5-6,11-12H2,1-4H3;4H,1-2H2;;/q+1;-1;;+1;. The minimum atomic E-state index is -3.11. The summed E-state index contributed by atoms with van der Waals surface area (Å²) in [6.07, 6.45) is 2.13. The van der Waals surface area contributed by atoms with Crippen molar-refractivity contribution in [3.63, 3.8) is 0 Å². The van der Waals surface area contributed by atoms with E-state index in [-0.39, 0.29) is 75.4 Å². The number of benzene rings is 2. The second-order valence-corrected chi connectivity index (χ2v) is 17.9. The van der Waals surface area contributed by atoms with Crippen molar-refractivity contribution < 1.29 is 106 Å². The van der Waals surface area contributed by atoms with Crippen LogP contribution >= 0.6 is 26.8 Å². The van der Waals surface area contributed by atoms with E-state index in [0.717, 1.165) is 22.6 Å². The maximum Gasteiger partial charge on any atom is 1.00 e. The van der Waals surface area contributed by atoms with Crippen LogP contribution in [0.1, 0.15) is 84.9 Å². The zero-order valence-corrected chi connectivity index (χ0v) is 40.6. The number of β-amino-alcohol motifs (C(OH)–C–C–N with tert-alkyl or cyclic N) is 1. The molecule has 13 nitrogen and oxygen atoms in total. The zero-order valence-electron chi connectivity index (χ0n) is 34.1. The first kappa shape index (κ1) is 54.5. The summed E-state index contributed by atoms with van der Waals surface area (Å²) in [5.74, 6) is 0.347. The molecule has 0 amide bonds. The SMILES string of the molecule is CCOP(=O)(CCC1(C)C(C)=Nc2cc[c-]cc21)OCC.CCOP(=O)(CCC1(C)C(C)=[N+](CCO)c2ccc(C)cc21)OCC.O=S(=O)=O.OCCCl.[K+]. The summed E-state index contributed by atoms with van der Waals surface area (Å²) < 4.78 is 74.7. The molecule has 2 aromatic carbocycles. The van der Waals surface area contributed by atoms with Crippen LogP contribution in [0.3, 0.4) is 0 Å². The smallest absolute Gasteiger partial charge is 0.395 e. The molecular weight excluding hydrogens is 817 g/mol. The van der Waals surface area contributed by atoms with Gasteiger partial charge in [0, 0.05) is 30.1 Å². The van der Waals surface area contributed by atoms with Gasteiger partial charge in [0.15, 0.2) is 12.3 Å². The molecule has 2 aliphatic rings. The van der Waals surface area contributed by atoms with Gasteiger partial charge in [-0.2, -0.15) is 22.8 Å². The van der Waals surface area contributed by atoms with Crippen LogP contribution in [-0.2, 0) is 48.7 Å². The van der Waals surface area contributed by atoms with Crippen molar-refractivity contribution in [2.24, 2.45) is 4.99 Å². The monoisotopic (exact) mass is 875 g/mol. The van der Waals surface area contributed by atoms with Crippen molar-refractivity contribution >= 4 is 60.2 Å². The van der Waals surface area contributed by atoms with Gasteiger partial charge >= 0.3 is 77.2 Å². The topological polar surface area (TPSA) is 178 Å². The molecule has 2 atom stereocenters. The molecule has 0 spiro atoms. The van der Waals surface area contributed by atoms with Gasteiger partial charge in [-0.05, 0) is 78.5 Å². The van der Waals surface area contributed by atoms with Crippen molar-refractivity contribution in [2.75, 3.05) is 64.4 Å². The number of nitrogens with zero attached hydrogens (tertiary/aromatic N) is 2. The van der Waals surface area contributed by atoms with Gasteiger partial charge in [0.1, 0.15) is 6.61 Å². The number of aliphatic imine (C=N–C) groups is 1. The third-order valence-electron chi connectivity index (χ3n) is 9.25. The summed E-state index contributed by atoms with van der Waals surface area (Å²) in [7, 11) is -9.21. The Balaban J connectivity index is 0.000000881. The Hall–Kier alpha value is -0.454. The number of rotatable bonds is 17. The van der Waals surface area contributed by atoms with E-state index < -0.39 is 25.8 Å². The summed E-state index contributed by atoms with van der Waals surface area (Å²) in [5, 5.41) is 17.2. The fourth-order valence-corrected chi connectivity index (χ4v) is 10.0. The van der Waals surface area contributed by atoms with E-state index in [0.29, 0.717) is 64.0 Å². The van der Waals surface area contributed by atoms with E-state index >= 15 is 0 Å². The number of aryl methyl sites for hydroxylation is 1. The minimum Gasteiger partial charge on any atom is -0.395 e. The molecule has 4 rings (SSSR count). The number of aliphatic hydroxyl groups is 2. The van der Waals surface area contributed by atoms with Crippen LogP contribution in [0.25, 0.3) is 0 Å². The van der Waals surface area contributed by atoms with Crippen LogP contribution in [0, 0.1) is 13.0 Å². The van der Waals surface area contributed by atoms with E-state index in [1.807, 2.05) is 52.8 Å². The number of aliphatic hydroxyl groups excluding tert-OH is 2. The summed E-state index contributed by atoms with van der Waals surface area (Å²) in [6.45, 7) is 20.1. The van der Waals surface area contributed by atoms with Crippen LogP contribution in [-0.4, -0.2) is 103 Å². The fraction of sp³-hybridized carbons (Fsp3) is 0.622. The Kier molecular flexibility index (Phi) is 26.4. The number of hydrogen-bond acceptors (Lipinski definition) is 12. The van der Waals surface area contributed by atoms with Crippen LogP contribution in [0.5, 0.6) is 0 Å². The van der Waals surface area contributed by atoms with Gasteiger partial charge in [0.05, 0.1) is 50.8 Å². The molecule has 0 radical (unpaired) electrons. The quantitative estimate of drug-likeness (QED) is 0.0738. The Morgan fingerprint density at radius 2 is 1.29 bits per heavy atom. The van der Waals surface area contributed by atoms with Crippen molar-refractivity contribution in [3.05, 3.63) is 59.2 Å². The Labute approximate surface area is 377 Å². The normalized spacial score (nSPS) is 18.3. The van der Waals surface area contributed by atoms with Crippen LogP contribution in [0.4, 0.5) is 11.4 Å². The van der Waals surface area contributed by atoms with Gasteiger partial charge in [-0.25, -0.2) is 0 Å². The molecule has 0 saturated heterocycles. The molecule has 306 valence electrons. The number of hydrogen-bond donors (Lipinski definition) is 2. The second kappa shape index (κ2) is 26.6. The molecule has 18 heteroatoms. The summed E-state index contributed by atoms with van der Waals surface area (Å²) >= 11 is 4.94. The molecule has 0 bridgehead atoms. The maximum atomic E-state index is 12.9. The van der Waals surface area contributed by atoms with Crippen molar-refractivity contribution in [1.29, 1.82) is 0 Å². The first-order valence-corrected chi connectivity index (χ1v) is 23.0. The zero-order chi connectivity index (χ0) is 41.2. The number of alkyl halides is 1. The molecule has 2 unspecified atom stereocenters. The van der Waals surface area contributed by atoms with Crippen molar-refractivity contribution in [2.45, 2.75) is 86.0 Å². The van der Waals surface area contributed by atoms with Gasteiger partial charge in [0.2, 0.25) is 5.69 Å². The molecule has 0 aliphatic carbocycles. The van der Waals surface area contributed by atoms with Crippen LogP contribution in [0.15, 0.2) is 41.4 Å². The first-order valence-electron chi connectivity index (χ1n) is 18.0. The van der Waals surface area contributed by atoms with E-state index in [1.54, 1.807) is 0 Å².